The highest BCUT2D eigenvalue weighted by Gasteiger charge is 2.18. The van der Waals surface area contributed by atoms with Crippen molar-refractivity contribution in [2.45, 2.75) is 32.1 Å². The van der Waals surface area contributed by atoms with Crippen molar-refractivity contribution in [2.75, 3.05) is 53.9 Å². The van der Waals surface area contributed by atoms with Gasteiger partial charge in [0.05, 0.1) is 0 Å². The van der Waals surface area contributed by atoms with Gasteiger partial charge in [0, 0.05) is 6.54 Å². The smallest absolute Gasteiger partial charge is 0.000451 e. The first-order valence-corrected chi connectivity index (χ1v) is 7.24. The normalized spacial score (nSPS) is 19.1. The van der Waals surface area contributed by atoms with Gasteiger partial charge < -0.3 is 15.1 Å². The van der Waals surface area contributed by atoms with Gasteiger partial charge in [-0.1, -0.05) is 6.42 Å². The van der Waals surface area contributed by atoms with Gasteiger partial charge in [0.15, 0.2) is 0 Å². The monoisotopic (exact) mass is 241 g/mol. The van der Waals surface area contributed by atoms with E-state index in [1.165, 1.54) is 64.8 Å². The molecule has 0 spiro atoms. The molecular formula is C14H31N3. The van der Waals surface area contributed by atoms with E-state index in [1.807, 2.05) is 7.05 Å². The average Bonchev–Trinajstić information content (AvgIpc) is 2.30. The molecule has 0 atom stereocenters. The zero-order chi connectivity index (χ0) is 12.5. The van der Waals surface area contributed by atoms with Gasteiger partial charge in [-0.15, -0.1) is 0 Å². The van der Waals surface area contributed by atoms with E-state index in [0.717, 1.165) is 5.92 Å². The summed E-state index contributed by atoms with van der Waals surface area (Å²) in [5.41, 5.74) is 0. The minimum absolute atomic E-state index is 0.936. The van der Waals surface area contributed by atoms with E-state index < -0.39 is 0 Å². The molecule has 0 aromatic rings. The fraction of sp³-hybridized carbons (Fsp3) is 1.00. The van der Waals surface area contributed by atoms with E-state index in [-0.39, 0.29) is 0 Å². The van der Waals surface area contributed by atoms with Crippen molar-refractivity contribution >= 4 is 0 Å². The van der Waals surface area contributed by atoms with Crippen LogP contribution in [0.25, 0.3) is 0 Å². The van der Waals surface area contributed by atoms with Gasteiger partial charge in [-0.2, -0.15) is 0 Å². The first kappa shape index (κ1) is 14.9. The van der Waals surface area contributed by atoms with Crippen LogP contribution in [0.3, 0.4) is 0 Å². The molecule has 1 saturated heterocycles. The number of piperidine rings is 1. The van der Waals surface area contributed by atoms with Crippen LogP contribution in [-0.2, 0) is 0 Å². The van der Waals surface area contributed by atoms with Crippen LogP contribution < -0.4 is 5.32 Å². The molecule has 0 radical (unpaired) electrons. The summed E-state index contributed by atoms with van der Waals surface area (Å²) in [6.07, 6.45) is 6.87. The van der Waals surface area contributed by atoms with E-state index in [0.29, 0.717) is 0 Å². The second kappa shape index (κ2) is 8.90. The van der Waals surface area contributed by atoms with Crippen molar-refractivity contribution in [3.05, 3.63) is 0 Å². The highest BCUT2D eigenvalue weighted by Crippen LogP contribution is 2.18. The Labute approximate surface area is 108 Å². The minimum atomic E-state index is 0.936. The minimum Gasteiger partial charge on any atom is -0.320 e. The van der Waals surface area contributed by atoms with E-state index >= 15 is 0 Å². The molecule has 0 aromatic carbocycles. The molecule has 1 fully saturated rings. The Hall–Kier alpha value is -0.120. The summed E-state index contributed by atoms with van der Waals surface area (Å²) >= 11 is 0. The zero-order valence-corrected chi connectivity index (χ0v) is 12.0. The van der Waals surface area contributed by atoms with Crippen molar-refractivity contribution in [1.29, 1.82) is 0 Å². The second-order valence-electron chi connectivity index (χ2n) is 5.71. The number of unbranched alkanes of at least 4 members (excludes halogenated alkanes) is 2. The molecule has 0 aromatic heterocycles. The lowest BCUT2D eigenvalue weighted by molar-refractivity contribution is 0.160. The molecule has 0 saturated carbocycles. The Balaban J connectivity index is 1.99. The number of nitrogens with zero attached hydrogens (tertiary/aromatic N) is 2. The third-order valence-electron chi connectivity index (χ3n) is 3.73. The summed E-state index contributed by atoms with van der Waals surface area (Å²) in [6.45, 7) is 6.41. The standard InChI is InChI=1S/C14H31N3/c1-15-9-5-4-6-10-17-11-7-14(8-12-17)13-16(2)3/h14-15H,4-13H2,1-3H3. The van der Waals surface area contributed by atoms with Crippen molar-refractivity contribution in [3.8, 4) is 0 Å². The van der Waals surface area contributed by atoms with E-state index in [1.54, 1.807) is 0 Å². The molecule has 0 unspecified atom stereocenters. The molecule has 0 amide bonds. The molecular weight excluding hydrogens is 210 g/mol. The first-order chi connectivity index (χ1) is 8.22. The summed E-state index contributed by atoms with van der Waals surface area (Å²) < 4.78 is 0. The van der Waals surface area contributed by atoms with Crippen LogP contribution >= 0.6 is 0 Å². The van der Waals surface area contributed by atoms with Crippen LogP contribution in [-0.4, -0.2) is 63.7 Å². The summed E-state index contributed by atoms with van der Waals surface area (Å²) in [5, 5.41) is 3.21. The van der Waals surface area contributed by atoms with Gasteiger partial charge in [0.1, 0.15) is 0 Å². The van der Waals surface area contributed by atoms with Gasteiger partial charge in [-0.05, 0) is 78.9 Å². The van der Waals surface area contributed by atoms with Crippen molar-refractivity contribution in [2.24, 2.45) is 5.92 Å². The Morgan fingerprint density at radius 1 is 1.12 bits per heavy atom. The fourth-order valence-electron chi connectivity index (χ4n) is 2.72. The molecule has 1 aliphatic heterocycles. The van der Waals surface area contributed by atoms with Crippen molar-refractivity contribution in [3.63, 3.8) is 0 Å². The summed E-state index contributed by atoms with van der Waals surface area (Å²) in [7, 11) is 6.41. The number of nitrogens with one attached hydrogen (secondary N) is 1. The van der Waals surface area contributed by atoms with Crippen molar-refractivity contribution < 1.29 is 0 Å². The molecule has 1 aliphatic rings. The molecule has 0 bridgehead atoms. The molecule has 102 valence electrons. The third-order valence-corrected chi connectivity index (χ3v) is 3.73. The van der Waals surface area contributed by atoms with Gasteiger partial charge in [0.2, 0.25) is 0 Å². The lowest BCUT2D eigenvalue weighted by Crippen LogP contribution is -2.37. The maximum Gasteiger partial charge on any atom is 0.000451 e. The first-order valence-electron chi connectivity index (χ1n) is 7.24. The number of rotatable bonds is 8. The van der Waals surface area contributed by atoms with E-state index in [9.17, 15) is 0 Å². The van der Waals surface area contributed by atoms with Crippen LogP contribution in [0, 0.1) is 5.92 Å². The topological polar surface area (TPSA) is 18.5 Å². The van der Waals surface area contributed by atoms with Crippen LogP contribution in [0.1, 0.15) is 32.1 Å². The summed E-state index contributed by atoms with van der Waals surface area (Å²) in [5.74, 6) is 0.936. The summed E-state index contributed by atoms with van der Waals surface area (Å²) in [4.78, 5) is 4.99. The Kier molecular flexibility index (Phi) is 7.82. The van der Waals surface area contributed by atoms with Crippen LogP contribution in [0.4, 0.5) is 0 Å². The number of hydrogen-bond acceptors (Lipinski definition) is 3. The van der Waals surface area contributed by atoms with Gasteiger partial charge in [-0.25, -0.2) is 0 Å². The molecule has 17 heavy (non-hydrogen) atoms. The van der Waals surface area contributed by atoms with Crippen LogP contribution in [0.5, 0.6) is 0 Å². The number of hydrogen-bond donors (Lipinski definition) is 1. The zero-order valence-electron chi connectivity index (χ0n) is 12.0. The second-order valence-corrected chi connectivity index (χ2v) is 5.71. The van der Waals surface area contributed by atoms with Gasteiger partial charge in [0.25, 0.3) is 0 Å². The predicted molar refractivity (Wildman–Crippen MR) is 75.5 cm³/mol. The quantitative estimate of drug-likeness (QED) is 0.652. The number of likely N-dealkylation sites (tertiary alicyclic amines) is 1. The highest BCUT2D eigenvalue weighted by molar-refractivity contribution is 4.73. The SMILES string of the molecule is CNCCCCCN1CCC(CN(C)C)CC1. The molecule has 3 nitrogen and oxygen atoms in total. The van der Waals surface area contributed by atoms with Crippen LogP contribution in [0.15, 0.2) is 0 Å². The predicted octanol–water partition coefficient (Wildman–Crippen LogP) is 1.65. The molecule has 1 rings (SSSR count). The van der Waals surface area contributed by atoms with Crippen molar-refractivity contribution in [1.82, 2.24) is 15.1 Å². The molecule has 1 heterocycles. The highest BCUT2D eigenvalue weighted by atomic mass is 15.1. The van der Waals surface area contributed by atoms with Gasteiger partial charge >= 0.3 is 0 Å². The molecule has 0 aliphatic carbocycles. The Morgan fingerprint density at radius 3 is 2.41 bits per heavy atom. The Morgan fingerprint density at radius 2 is 1.82 bits per heavy atom. The lowest BCUT2D eigenvalue weighted by Gasteiger charge is -2.33. The Bertz CT molecular complexity index is 174. The maximum absolute atomic E-state index is 3.21. The average molecular weight is 241 g/mol. The maximum atomic E-state index is 3.21. The van der Waals surface area contributed by atoms with Gasteiger partial charge in [-0.3, -0.25) is 0 Å². The molecule has 3 heteroatoms. The lowest BCUT2D eigenvalue weighted by atomic mass is 9.96. The van der Waals surface area contributed by atoms with E-state index in [4.69, 9.17) is 0 Å². The largest absolute Gasteiger partial charge is 0.320 e. The molecule has 1 N–H and O–H groups in total. The third kappa shape index (κ3) is 7.02. The van der Waals surface area contributed by atoms with Crippen LogP contribution in [0.2, 0.25) is 0 Å². The summed E-state index contributed by atoms with van der Waals surface area (Å²) in [6, 6.07) is 0. The van der Waals surface area contributed by atoms with E-state index in [2.05, 4.69) is 29.2 Å². The fourth-order valence-corrected chi connectivity index (χ4v) is 2.72.